The fourth-order valence-electron chi connectivity index (χ4n) is 3.59. The molecular formula is C16H23NO2. The van der Waals surface area contributed by atoms with Crippen molar-refractivity contribution in [2.45, 2.75) is 38.4 Å². The van der Waals surface area contributed by atoms with Crippen molar-refractivity contribution in [2.75, 3.05) is 18.0 Å². The molecule has 1 aliphatic heterocycles. The monoisotopic (exact) mass is 261 g/mol. The van der Waals surface area contributed by atoms with E-state index < -0.39 is 0 Å². The summed E-state index contributed by atoms with van der Waals surface area (Å²) in [5.41, 5.74) is 2.21. The van der Waals surface area contributed by atoms with Crippen molar-refractivity contribution in [1.29, 1.82) is 0 Å². The normalized spacial score (nSPS) is 31.5. The summed E-state index contributed by atoms with van der Waals surface area (Å²) in [5, 5.41) is 19.8. The Kier molecular flexibility index (Phi) is 3.50. The Bertz CT molecular complexity index is 431. The highest BCUT2D eigenvalue weighted by Crippen LogP contribution is 2.39. The largest absolute Gasteiger partial charge is 0.393 e. The van der Waals surface area contributed by atoms with Gasteiger partial charge in [-0.25, -0.2) is 0 Å². The van der Waals surface area contributed by atoms with Crippen LogP contribution in [-0.4, -0.2) is 29.4 Å². The standard InChI is InChI=1S/C16H23NO2/c1-2-15(18)11-3-6-13(7-4-11)17-9-12-5-8-16(19)14(12)10-17/h3-4,6-7,12,14-16,18-19H,2,5,8-10H2,1H3/t12?,14?,15-,16?/m1/s1. The van der Waals surface area contributed by atoms with Gasteiger partial charge in [-0.1, -0.05) is 19.1 Å². The molecule has 3 nitrogen and oxygen atoms in total. The van der Waals surface area contributed by atoms with Gasteiger partial charge in [-0.2, -0.15) is 0 Å². The minimum Gasteiger partial charge on any atom is -0.393 e. The van der Waals surface area contributed by atoms with Gasteiger partial charge in [-0.05, 0) is 42.9 Å². The second-order valence-corrected chi connectivity index (χ2v) is 5.99. The molecule has 0 radical (unpaired) electrons. The summed E-state index contributed by atoms with van der Waals surface area (Å²) < 4.78 is 0. The first-order chi connectivity index (χ1) is 9.19. The van der Waals surface area contributed by atoms with E-state index in [1.807, 2.05) is 19.1 Å². The van der Waals surface area contributed by atoms with Gasteiger partial charge in [0.05, 0.1) is 12.2 Å². The van der Waals surface area contributed by atoms with E-state index in [4.69, 9.17) is 0 Å². The molecule has 1 saturated carbocycles. The second kappa shape index (κ2) is 5.14. The van der Waals surface area contributed by atoms with Gasteiger partial charge in [0.1, 0.15) is 0 Å². The first-order valence-corrected chi connectivity index (χ1v) is 7.40. The summed E-state index contributed by atoms with van der Waals surface area (Å²) in [6, 6.07) is 8.24. The third-order valence-corrected chi connectivity index (χ3v) is 4.85. The van der Waals surface area contributed by atoms with E-state index in [1.165, 1.54) is 5.69 Å². The average Bonchev–Trinajstić information content (AvgIpc) is 3.01. The summed E-state index contributed by atoms with van der Waals surface area (Å²) in [7, 11) is 0. The fourth-order valence-corrected chi connectivity index (χ4v) is 3.59. The molecule has 2 fully saturated rings. The van der Waals surface area contributed by atoms with Gasteiger partial charge >= 0.3 is 0 Å². The molecule has 1 aliphatic carbocycles. The van der Waals surface area contributed by atoms with Gasteiger partial charge in [0.25, 0.3) is 0 Å². The Morgan fingerprint density at radius 3 is 2.58 bits per heavy atom. The van der Waals surface area contributed by atoms with Crippen LogP contribution >= 0.6 is 0 Å². The first-order valence-electron chi connectivity index (χ1n) is 7.40. The smallest absolute Gasteiger partial charge is 0.0787 e. The predicted molar refractivity (Wildman–Crippen MR) is 76.1 cm³/mol. The maximum absolute atomic E-state index is 9.95. The number of aliphatic hydroxyl groups excluding tert-OH is 2. The van der Waals surface area contributed by atoms with Gasteiger partial charge in [0, 0.05) is 24.7 Å². The van der Waals surface area contributed by atoms with E-state index >= 15 is 0 Å². The van der Waals surface area contributed by atoms with E-state index in [1.54, 1.807) is 0 Å². The van der Waals surface area contributed by atoms with Gasteiger partial charge in [-0.3, -0.25) is 0 Å². The minimum absolute atomic E-state index is 0.101. The molecule has 0 amide bonds. The number of aliphatic hydroxyl groups is 2. The van der Waals surface area contributed by atoms with Crippen molar-refractivity contribution in [3.8, 4) is 0 Å². The highest BCUT2D eigenvalue weighted by molar-refractivity contribution is 5.49. The fraction of sp³-hybridized carbons (Fsp3) is 0.625. The van der Waals surface area contributed by atoms with Crippen molar-refractivity contribution >= 4 is 5.69 Å². The van der Waals surface area contributed by atoms with Gasteiger partial charge < -0.3 is 15.1 Å². The third kappa shape index (κ3) is 2.37. The van der Waals surface area contributed by atoms with Crippen LogP contribution < -0.4 is 4.90 Å². The molecule has 104 valence electrons. The molecule has 0 spiro atoms. The maximum atomic E-state index is 9.95. The molecular weight excluding hydrogens is 238 g/mol. The zero-order valence-electron chi connectivity index (χ0n) is 11.5. The Hall–Kier alpha value is -1.06. The van der Waals surface area contributed by atoms with E-state index in [0.29, 0.717) is 11.8 Å². The Morgan fingerprint density at radius 1 is 1.21 bits per heavy atom. The first kappa shape index (κ1) is 12.9. The van der Waals surface area contributed by atoms with E-state index in [0.717, 1.165) is 37.9 Å². The lowest BCUT2D eigenvalue weighted by Crippen LogP contribution is -2.24. The molecule has 4 atom stereocenters. The van der Waals surface area contributed by atoms with Crippen LogP contribution in [0.4, 0.5) is 5.69 Å². The van der Waals surface area contributed by atoms with Crippen LogP contribution in [0.15, 0.2) is 24.3 Å². The highest BCUT2D eigenvalue weighted by Gasteiger charge is 2.41. The minimum atomic E-state index is -0.353. The predicted octanol–water partition coefficient (Wildman–Crippen LogP) is 2.34. The van der Waals surface area contributed by atoms with Crippen molar-refractivity contribution in [1.82, 2.24) is 0 Å². The van der Waals surface area contributed by atoms with Crippen molar-refractivity contribution < 1.29 is 10.2 Å². The van der Waals surface area contributed by atoms with Gasteiger partial charge in [0.15, 0.2) is 0 Å². The molecule has 2 aliphatic rings. The topological polar surface area (TPSA) is 43.7 Å². The van der Waals surface area contributed by atoms with E-state index in [2.05, 4.69) is 17.0 Å². The summed E-state index contributed by atoms with van der Waals surface area (Å²) in [4.78, 5) is 2.37. The number of fused-ring (bicyclic) bond motifs is 1. The average molecular weight is 261 g/mol. The Morgan fingerprint density at radius 2 is 1.95 bits per heavy atom. The van der Waals surface area contributed by atoms with E-state index in [9.17, 15) is 10.2 Å². The molecule has 2 N–H and O–H groups in total. The van der Waals surface area contributed by atoms with Crippen molar-refractivity contribution in [3.05, 3.63) is 29.8 Å². The van der Waals surface area contributed by atoms with Crippen LogP contribution in [0, 0.1) is 11.8 Å². The lowest BCUT2D eigenvalue weighted by atomic mass is 10.00. The Labute approximate surface area is 114 Å². The molecule has 3 rings (SSSR count). The quantitative estimate of drug-likeness (QED) is 0.877. The SMILES string of the molecule is CC[C@@H](O)c1ccc(N2CC3CCC(O)C3C2)cc1. The maximum Gasteiger partial charge on any atom is 0.0787 e. The summed E-state index contributed by atoms with van der Waals surface area (Å²) in [6.45, 7) is 4.03. The molecule has 3 unspecified atom stereocenters. The van der Waals surface area contributed by atoms with E-state index in [-0.39, 0.29) is 12.2 Å². The van der Waals surface area contributed by atoms with Gasteiger partial charge in [-0.15, -0.1) is 0 Å². The van der Waals surface area contributed by atoms with Crippen LogP contribution in [0.5, 0.6) is 0 Å². The number of benzene rings is 1. The van der Waals surface area contributed by atoms with Crippen LogP contribution in [0.25, 0.3) is 0 Å². The van der Waals surface area contributed by atoms with Crippen molar-refractivity contribution in [3.63, 3.8) is 0 Å². The number of anilines is 1. The molecule has 0 aromatic heterocycles. The lowest BCUT2D eigenvalue weighted by Gasteiger charge is -2.21. The lowest BCUT2D eigenvalue weighted by molar-refractivity contribution is 0.133. The zero-order valence-corrected chi connectivity index (χ0v) is 11.5. The molecule has 1 heterocycles. The van der Waals surface area contributed by atoms with Crippen LogP contribution in [0.3, 0.4) is 0 Å². The number of nitrogens with zero attached hydrogens (tertiary/aromatic N) is 1. The molecule has 3 heteroatoms. The van der Waals surface area contributed by atoms with Gasteiger partial charge in [0.2, 0.25) is 0 Å². The number of rotatable bonds is 3. The highest BCUT2D eigenvalue weighted by atomic mass is 16.3. The molecule has 1 saturated heterocycles. The third-order valence-electron chi connectivity index (χ3n) is 4.85. The molecule has 19 heavy (non-hydrogen) atoms. The molecule has 1 aromatic carbocycles. The second-order valence-electron chi connectivity index (χ2n) is 5.99. The van der Waals surface area contributed by atoms with Crippen LogP contribution in [0.1, 0.15) is 37.9 Å². The summed E-state index contributed by atoms with van der Waals surface area (Å²) in [5.74, 6) is 1.12. The summed E-state index contributed by atoms with van der Waals surface area (Å²) >= 11 is 0. The number of hydrogen-bond donors (Lipinski definition) is 2. The zero-order chi connectivity index (χ0) is 13.4. The van der Waals surface area contributed by atoms with Crippen LogP contribution in [-0.2, 0) is 0 Å². The number of hydrogen-bond acceptors (Lipinski definition) is 3. The Balaban J connectivity index is 1.70. The van der Waals surface area contributed by atoms with Crippen LogP contribution in [0.2, 0.25) is 0 Å². The molecule has 1 aromatic rings. The van der Waals surface area contributed by atoms with Crippen molar-refractivity contribution in [2.24, 2.45) is 11.8 Å². The molecule has 0 bridgehead atoms. The summed E-state index contributed by atoms with van der Waals surface area (Å²) in [6.07, 6.45) is 2.43.